The van der Waals surface area contributed by atoms with Crippen molar-refractivity contribution < 1.29 is 4.74 Å². The van der Waals surface area contributed by atoms with E-state index in [0.29, 0.717) is 0 Å². The third-order valence-electron chi connectivity index (χ3n) is 2.24. The number of para-hydroxylation sites is 1. The highest BCUT2D eigenvalue weighted by atomic mass is 16.5. The zero-order valence-electron chi connectivity index (χ0n) is 7.21. The summed E-state index contributed by atoms with van der Waals surface area (Å²) in [6.07, 6.45) is 2.37. The van der Waals surface area contributed by atoms with E-state index in [0.717, 1.165) is 18.6 Å². The molecule has 2 nitrogen and oxygen atoms in total. The Hall–Kier alpha value is -1.02. The van der Waals surface area contributed by atoms with Crippen molar-refractivity contribution in [1.82, 2.24) is 5.32 Å². The van der Waals surface area contributed by atoms with Crippen molar-refractivity contribution >= 4 is 0 Å². The maximum Gasteiger partial charge on any atom is 0.150 e. The molecule has 1 aliphatic rings. The number of nitrogens with one attached hydrogen (secondary N) is 1. The third-order valence-corrected chi connectivity index (χ3v) is 2.24. The minimum atomic E-state index is 0.194. The minimum absolute atomic E-state index is 0.194. The molecule has 1 aliphatic heterocycles. The predicted octanol–water partition coefficient (Wildman–Crippen LogP) is 1.56. The first-order valence-corrected chi connectivity index (χ1v) is 4.32. The Morgan fingerprint density at radius 1 is 1.42 bits per heavy atom. The lowest BCUT2D eigenvalue weighted by atomic mass is 10.1. The van der Waals surface area contributed by atoms with Gasteiger partial charge >= 0.3 is 0 Å². The van der Waals surface area contributed by atoms with Gasteiger partial charge in [-0.1, -0.05) is 18.2 Å². The van der Waals surface area contributed by atoms with Crippen LogP contribution in [0.1, 0.15) is 12.0 Å². The molecule has 0 amide bonds. The fraction of sp³-hybridized carbons (Fsp3) is 0.400. The van der Waals surface area contributed by atoms with Crippen molar-refractivity contribution in [2.24, 2.45) is 0 Å². The molecule has 64 valence electrons. The summed E-state index contributed by atoms with van der Waals surface area (Å²) in [5, 5.41) is 3.12. The van der Waals surface area contributed by atoms with Crippen molar-refractivity contribution in [2.45, 2.75) is 19.1 Å². The van der Waals surface area contributed by atoms with Crippen LogP contribution in [0.25, 0.3) is 0 Å². The van der Waals surface area contributed by atoms with Crippen LogP contribution in [0.5, 0.6) is 5.75 Å². The quantitative estimate of drug-likeness (QED) is 0.678. The monoisotopic (exact) mass is 163 g/mol. The summed E-state index contributed by atoms with van der Waals surface area (Å²) in [6, 6.07) is 8.22. The molecule has 2 rings (SSSR count). The highest BCUT2D eigenvalue weighted by molar-refractivity contribution is 5.34. The van der Waals surface area contributed by atoms with Crippen molar-refractivity contribution in [2.75, 3.05) is 7.05 Å². The average Bonchev–Trinajstić information content (AvgIpc) is 2.17. The van der Waals surface area contributed by atoms with Gasteiger partial charge in [0.25, 0.3) is 0 Å². The maximum absolute atomic E-state index is 5.67. The van der Waals surface area contributed by atoms with Crippen LogP contribution >= 0.6 is 0 Å². The fourth-order valence-electron chi connectivity index (χ4n) is 1.53. The third kappa shape index (κ3) is 1.30. The SMILES string of the molecule is CNC1CCc2ccccc2O1. The second kappa shape index (κ2) is 3.15. The Kier molecular flexibility index (Phi) is 2.00. The van der Waals surface area contributed by atoms with E-state index >= 15 is 0 Å². The van der Waals surface area contributed by atoms with Crippen LogP contribution in [-0.4, -0.2) is 13.3 Å². The van der Waals surface area contributed by atoms with Crippen LogP contribution in [0.4, 0.5) is 0 Å². The molecule has 1 heterocycles. The number of aryl methyl sites for hydroxylation is 1. The molecular formula is C10H13NO. The van der Waals surface area contributed by atoms with Gasteiger partial charge in [-0.05, 0) is 25.1 Å². The molecule has 0 spiro atoms. The highest BCUT2D eigenvalue weighted by Gasteiger charge is 2.16. The lowest BCUT2D eigenvalue weighted by Gasteiger charge is -2.25. The van der Waals surface area contributed by atoms with E-state index in [2.05, 4.69) is 17.4 Å². The second-order valence-electron chi connectivity index (χ2n) is 3.04. The first kappa shape index (κ1) is 7.62. The van der Waals surface area contributed by atoms with Gasteiger partial charge in [0.2, 0.25) is 0 Å². The van der Waals surface area contributed by atoms with Gasteiger partial charge < -0.3 is 4.74 Å². The first-order chi connectivity index (χ1) is 5.90. The van der Waals surface area contributed by atoms with Crippen molar-refractivity contribution in [3.63, 3.8) is 0 Å². The maximum atomic E-state index is 5.67. The molecule has 1 N–H and O–H groups in total. The molecule has 0 saturated heterocycles. The van der Waals surface area contributed by atoms with Gasteiger partial charge in [-0.2, -0.15) is 0 Å². The number of hydrogen-bond acceptors (Lipinski definition) is 2. The summed E-state index contributed by atoms with van der Waals surface area (Å²) < 4.78 is 5.67. The molecule has 0 saturated carbocycles. The van der Waals surface area contributed by atoms with Crippen LogP contribution in [0.3, 0.4) is 0 Å². The van der Waals surface area contributed by atoms with E-state index in [-0.39, 0.29) is 6.23 Å². The van der Waals surface area contributed by atoms with Gasteiger partial charge in [-0.25, -0.2) is 0 Å². The van der Waals surface area contributed by atoms with E-state index in [1.807, 2.05) is 19.2 Å². The molecular weight excluding hydrogens is 150 g/mol. The fourth-order valence-corrected chi connectivity index (χ4v) is 1.53. The van der Waals surface area contributed by atoms with E-state index in [4.69, 9.17) is 4.74 Å². The van der Waals surface area contributed by atoms with Crippen LogP contribution in [-0.2, 0) is 6.42 Å². The summed E-state index contributed by atoms with van der Waals surface area (Å²) in [4.78, 5) is 0. The average molecular weight is 163 g/mol. The highest BCUT2D eigenvalue weighted by Crippen LogP contribution is 2.25. The van der Waals surface area contributed by atoms with Gasteiger partial charge in [-0.15, -0.1) is 0 Å². The first-order valence-electron chi connectivity index (χ1n) is 4.32. The predicted molar refractivity (Wildman–Crippen MR) is 48.2 cm³/mol. The van der Waals surface area contributed by atoms with E-state index in [9.17, 15) is 0 Å². The molecule has 0 aliphatic carbocycles. The summed E-state index contributed by atoms with van der Waals surface area (Å²) >= 11 is 0. The zero-order chi connectivity index (χ0) is 8.39. The van der Waals surface area contributed by atoms with E-state index < -0.39 is 0 Å². The molecule has 0 bridgehead atoms. The van der Waals surface area contributed by atoms with Crippen LogP contribution in [0.15, 0.2) is 24.3 Å². The van der Waals surface area contributed by atoms with Crippen LogP contribution < -0.4 is 10.1 Å². The summed E-state index contributed by atoms with van der Waals surface area (Å²) in [6.45, 7) is 0. The minimum Gasteiger partial charge on any atom is -0.475 e. The van der Waals surface area contributed by atoms with Crippen molar-refractivity contribution in [1.29, 1.82) is 0 Å². The standard InChI is InChI=1S/C10H13NO/c1-11-10-7-6-8-4-2-3-5-9(8)12-10/h2-5,10-11H,6-7H2,1H3. The topological polar surface area (TPSA) is 21.3 Å². The van der Waals surface area contributed by atoms with Gasteiger partial charge in [0.05, 0.1) is 0 Å². The lowest BCUT2D eigenvalue weighted by molar-refractivity contribution is 0.147. The molecule has 0 aromatic heterocycles. The Balaban J connectivity index is 2.23. The molecule has 1 aromatic carbocycles. The molecule has 12 heavy (non-hydrogen) atoms. The number of benzene rings is 1. The van der Waals surface area contributed by atoms with Crippen molar-refractivity contribution in [3.05, 3.63) is 29.8 Å². The van der Waals surface area contributed by atoms with Crippen LogP contribution in [0.2, 0.25) is 0 Å². The molecule has 0 fully saturated rings. The molecule has 1 aromatic rings. The number of fused-ring (bicyclic) bond motifs is 1. The van der Waals surface area contributed by atoms with Crippen molar-refractivity contribution in [3.8, 4) is 5.75 Å². The molecule has 1 atom stereocenters. The number of hydrogen-bond donors (Lipinski definition) is 1. The number of ether oxygens (including phenoxy) is 1. The Morgan fingerprint density at radius 3 is 3.08 bits per heavy atom. The summed E-state index contributed by atoms with van der Waals surface area (Å²) in [7, 11) is 1.93. The van der Waals surface area contributed by atoms with Gasteiger partial charge in [0.1, 0.15) is 12.0 Å². The Bertz CT molecular complexity index is 272. The Morgan fingerprint density at radius 2 is 2.25 bits per heavy atom. The van der Waals surface area contributed by atoms with E-state index in [1.54, 1.807) is 0 Å². The van der Waals surface area contributed by atoms with E-state index in [1.165, 1.54) is 5.56 Å². The van der Waals surface area contributed by atoms with Gasteiger partial charge in [0.15, 0.2) is 0 Å². The second-order valence-corrected chi connectivity index (χ2v) is 3.04. The summed E-state index contributed by atoms with van der Waals surface area (Å²) in [5.74, 6) is 1.03. The van der Waals surface area contributed by atoms with Crippen LogP contribution in [0, 0.1) is 0 Å². The Labute approximate surface area is 72.5 Å². The van der Waals surface area contributed by atoms with Gasteiger partial charge in [-0.3, -0.25) is 5.32 Å². The summed E-state index contributed by atoms with van der Waals surface area (Å²) in [5.41, 5.74) is 1.32. The number of rotatable bonds is 1. The normalized spacial score (nSPS) is 21.2. The molecule has 0 radical (unpaired) electrons. The zero-order valence-corrected chi connectivity index (χ0v) is 7.21. The largest absolute Gasteiger partial charge is 0.475 e. The smallest absolute Gasteiger partial charge is 0.150 e. The molecule has 1 unspecified atom stereocenters. The van der Waals surface area contributed by atoms with Gasteiger partial charge in [0, 0.05) is 6.42 Å². The lowest BCUT2D eigenvalue weighted by Crippen LogP contribution is -2.34. The molecule has 2 heteroatoms.